The summed E-state index contributed by atoms with van der Waals surface area (Å²) in [5, 5.41) is 10.9. The fourth-order valence-corrected chi connectivity index (χ4v) is 1.91. The molecular weight excluding hydrogens is 264 g/mol. The van der Waals surface area contributed by atoms with Gasteiger partial charge in [0.05, 0.1) is 25.5 Å². The van der Waals surface area contributed by atoms with Crippen LogP contribution in [0, 0.1) is 0 Å². The summed E-state index contributed by atoms with van der Waals surface area (Å²) in [6, 6.07) is 8.24. The molecule has 0 aliphatic carbocycles. The molecule has 19 heavy (non-hydrogen) atoms. The van der Waals surface area contributed by atoms with Crippen LogP contribution < -0.4 is 10.5 Å². The van der Waals surface area contributed by atoms with Crippen LogP contribution in [0.25, 0.3) is 0 Å². The van der Waals surface area contributed by atoms with Crippen molar-refractivity contribution in [2.75, 3.05) is 7.11 Å². The first-order valence-electron chi connectivity index (χ1n) is 5.80. The summed E-state index contributed by atoms with van der Waals surface area (Å²) in [4.78, 5) is 4.01. The van der Waals surface area contributed by atoms with Crippen molar-refractivity contribution in [3.05, 3.63) is 58.9 Å². The number of aliphatic hydroxyl groups excluding tert-OH is 1. The van der Waals surface area contributed by atoms with E-state index in [4.69, 9.17) is 22.1 Å². The Hall–Kier alpha value is -1.62. The van der Waals surface area contributed by atoms with Gasteiger partial charge in [0.25, 0.3) is 0 Å². The van der Waals surface area contributed by atoms with Gasteiger partial charge in [0.15, 0.2) is 0 Å². The number of nitrogens with two attached hydrogens (primary N) is 1. The largest absolute Gasteiger partial charge is 0.495 e. The molecule has 1 aromatic carbocycles. The maximum absolute atomic E-state index is 10.3. The monoisotopic (exact) mass is 278 g/mol. The molecule has 4 nitrogen and oxygen atoms in total. The molecule has 1 heterocycles. The molecule has 0 aliphatic heterocycles. The van der Waals surface area contributed by atoms with Crippen molar-refractivity contribution in [2.24, 2.45) is 5.73 Å². The quantitative estimate of drug-likeness (QED) is 0.901. The molecule has 2 rings (SSSR count). The second kappa shape index (κ2) is 6.02. The number of aromatic nitrogens is 1. The fraction of sp³-hybridized carbons (Fsp3) is 0.214. The second-order valence-electron chi connectivity index (χ2n) is 4.18. The van der Waals surface area contributed by atoms with E-state index in [1.165, 1.54) is 0 Å². The molecule has 0 saturated carbocycles. The SMILES string of the molecule is COc1cncc([C@@H](O)[C@H](N)c2ccc(Cl)cc2)c1. The molecule has 0 amide bonds. The summed E-state index contributed by atoms with van der Waals surface area (Å²) in [6.07, 6.45) is 2.29. The Bertz CT molecular complexity index is 545. The number of hydrogen-bond donors (Lipinski definition) is 2. The van der Waals surface area contributed by atoms with E-state index in [2.05, 4.69) is 4.98 Å². The van der Waals surface area contributed by atoms with Crippen LogP contribution in [0.5, 0.6) is 5.75 Å². The van der Waals surface area contributed by atoms with Crippen molar-refractivity contribution in [1.29, 1.82) is 0 Å². The van der Waals surface area contributed by atoms with Gasteiger partial charge in [-0.3, -0.25) is 4.98 Å². The summed E-state index contributed by atoms with van der Waals surface area (Å²) >= 11 is 5.82. The van der Waals surface area contributed by atoms with Crippen molar-refractivity contribution in [3.8, 4) is 5.75 Å². The molecule has 0 radical (unpaired) electrons. The van der Waals surface area contributed by atoms with Gasteiger partial charge in [-0.15, -0.1) is 0 Å². The van der Waals surface area contributed by atoms with Gasteiger partial charge in [0.2, 0.25) is 0 Å². The highest BCUT2D eigenvalue weighted by Gasteiger charge is 2.19. The normalized spacial score (nSPS) is 13.9. The van der Waals surface area contributed by atoms with E-state index in [0.717, 1.165) is 5.56 Å². The lowest BCUT2D eigenvalue weighted by Gasteiger charge is -2.19. The maximum Gasteiger partial charge on any atom is 0.137 e. The lowest BCUT2D eigenvalue weighted by atomic mass is 9.98. The number of halogens is 1. The number of hydrogen-bond acceptors (Lipinski definition) is 4. The molecule has 0 fully saturated rings. The maximum atomic E-state index is 10.3. The van der Waals surface area contributed by atoms with Crippen LogP contribution in [-0.4, -0.2) is 17.2 Å². The summed E-state index contributed by atoms with van der Waals surface area (Å²) in [7, 11) is 1.55. The van der Waals surface area contributed by atoms with Crippen LogP contribution in [0.15, 0.2) is 42.7 Å². The Labute approximate surface area is 116 Å². The van der Waals surface area contributed by atoms with Crippen LogP contribution in [0.3, 0.4) is 0 Å². The summed E-state index contributed by atoms with van der Waals surface area (Å²) < 4.78 is 5.07. The highest BCUT2D eigenvalue weighted by molar-refractivity contribution is 6.30. The van der Waals surface area contributed by atoms with Crippen molar-refractivity contribution < 1.29 is 9.84 Å². The van der Waals surface area contributed by atoms with Gasteiger partial charge < -0.3 is 15.6 Å². The predicted molar refractivity (Wildman–Crippen MR) is 74.1 cm³/mol. The van der Waals surface area contributed by atoms with Gasteiger partial charge in [-0.25, -0.2) is 0 Å². The van der Waals surface area contributed by atoms with Crippen molar-refractivity contribution in [1.82, 2.24) is 4.98 Å². The molecule has 5 heteroatoms. The minimum absolute atomic E-state index is 0.550. The molecule has 0 saturated heterocycles. The van der Waals surface area contributed by atoms with Crippen molar-refractivity contribution in [3.63, 3.8) is 0 Å². The van der Waals surface area contributed by atoms with Crippen LogP contribution >= 0.6 is 11.6 Å². The Morgan fingerprint density at radius 2 is 1.89 bits per heavy atom. The molecule has 1 aromatic heterocycles. The minimum atomic E-state index is -0.858. The highest BCUT2D eigenvalue weighted by Crippen LogP contribution is 2.28. The lowest BCUT2D eigenvalue weighted by molar-refractivity contribution is 0.146. The number of methoxy groups -OCH3 is 1. The van der Waals surface area contributed by atoms with Gasteiger partial charge in [-0.1, -0.05) is 23.7 Å². The third-order valence-electron chi connectivity index (χ3n) is 2.91. The zero-order chi connectivity index (χ0) is 13.8. The molecule has 0 unspecified atom stereocenters. The number of aliphatic hydroxyl groups is 1. The van der Waals surface area contributed by atoms with Gasteiger partial charge in [-0.2, -0.15) is 0 Å². The first-order valence-corrected chi connectivity index (χ1v) is 6.17. The Balaban J connectivity index is 2.22. The molecule has 0 aliphatic rings. The number of nitrogens with zero attached hydrogens (tertiary/aromatic N) is 1. The van der Waals surface area contributed by atoms with Crippen molar-refractivity contribution >= 4 is 11.6 Å². The topological polar surface area (TPSA) is 68.4 Å². The van der Waals surface area contributed by atoms with Gasteiger partial charge in [0.1, 0.15) is 5.75 Å². The second-order valence-corrected chi connectivity index (χ2v) is 4.62. The fourth-order valence-electron chi connectivity index (χ4n) is 1.78. The molecule has 2 atom stereocenters. The summed E-state index contributed by atoms with van der Waals surface area (Å²) in [5.74, 6) is 0.583. The van der Waals surface area contributed by atoms with Gasteiger partial charge >= 0.3 is 0 Å². The van der Waals surface area contributed by atoms with Gasteiger partial charge in [-0.05, 0) is 23.8 Å². The molecule has 0 spiro atoms. The zero-order valence-electron chi connectivity index (χ0n) is 10.5. The third-order valence-corrected chi connectivity index (χ3v) is 3.16. The first-order chi connectivity index (χ1) is 9.11. The van der Waals surface area contributed by atoms with E-state index in [-0.39, 0.29) is 0 Å². The number of benzene rings is 1. The molecular formula is C14H15ClN2O2. The zero-order valence-corrected chi connectivity index (χ0v) is 11.2. The first kappa shape index (κ1) is 13.8. The highest BCUT2D eigenvalue weighted by atomic mass is 35.5. The molecule has 0 bridgehead atoms. The molecule has 2 aromatic rings. The Kier molecular flexibility index (Phi) is 4.37. The van der Waals surface area contributed by atoms with Gasteiger partial charge in [0, 0.05) is 16.8 Å². The Morgan fingerprint density at radius 3 is 2.53 bits per heavy atom. The number of ether oxygens (including phenoxy) is 1. The predicted octanol–water partition coefficient (Wildman–Crippen LogP) is 2.48. The van der Waals surface area contributed by atoms with Crippen LogP contribution in [0.2, 0.25) is 5.02 Å². The number of pyridine rings is 1. The summed E-state index contributed by atoms with van der Waals surface area (Å²) in [6.45, 7) is 0. The number of rotatable bonds is 4. The lowest BCUT2D eigenvalue weighted by Crippen LogP contribution is -2.19. The van der Waals surface area contributed by atoms with E-state index >= 15 is 0 Å². The van der Waals surface area contributed by atoms with E-state index in [9.17, 15) is 5.11 Å². The summed E-state index contributed by atoms with van der Waals surface area (Å²) in [5.41, 5.74) is 7.47. The minimum Gasteiger partial charge on any atom is -0.495 e. The van der Waals surface area contributed by atoms with E-state index < -0.39 is 12.1 Å². The third kappa shape index (κ3) is 3.23. The standard InChI is InChI=1S/C14H15ClN2O2/c1-19-12-6-10(7-17-8-12)14(18)13(16)9-2-4-11(15)5-3-9/h2-8,13-14,18H,16H2,1H3/t13-,14-/m1/s1. The average Bonchev–Trinajstić information content (AvgIpc) is 2.46. The van der Waals surface area contributed by atoms with E-state index in [1.54, 1.807) is 49.8 Å². The van der Waals surface area contributed by atoms with Crippen LogP contribution in [0.1, 0.15) is 23.3 Å². The Morgan fingerprint density at radius 1 is 1.21 bits per heavy atom. The van der Waals surface area contributed by atoms with Crippen LogP contribution in [-0.2, 0) is 0 Å². The van der Waals surface area contributed by atoms with Crippen molar-refractivity contribution in [2.45, 2.75) is 12.1 Å². The van der Waals surface area contributed by atoms with Crippen LogP contribution in [0.4, 0.5) is 0 Å². The molecule has 100 valence electrons. The molecule has 3 N–H and O–H groups in total. The average molecular weight is 279 g/mol. The smallest absolute Gasteiger partial charge is 0.137 e. The van der Waals surface area contributed by atoms with E-state index in [0.29, 0.717) is 16.3 Å². The van der Waals surface area contributed by atoms with E-state index in [1.807, 2.05) is 0 Å².